The van der Waals surface area contributed by atoms with Crippen molar-refractivity contribution in [3.63, 3.8) is 0 Å². The fourth-order valence-electron chi connectivity index (χ4n) is 2.71. The Labute approximate surface area is 137 Å². The van der Waals surface area contributed by atoms with Crippen LogP contribution in [0, 0.1) is 6.92 Å². The number of carbonyl (C=O) groups is 1. The molecule has 1 fully saturated rings. The Morgan fingerprint density at radius 2 is 2.17 bits per heavy atom. The summed E-state index contributed by atoms with van der Waals surface area (Å²) in [4.78, 5) is 12.5. The van der Waals surface area contributed by atoms with Gasteiger partial charge in [-0.3, -0.25) is 9.48 Å². The third kappa shape index (κ3) is 3.73. The fraction of sp³-hybridized carbons (Fsp3) is 0.714. The van der Waals surface area contributed by atoms with Gasteiger partial charge in [-0.15, -0.1) is 0 Å². The lowest BCUT2D eigenvalue weighted by Gasteiger charge is -2.36. The van der Waals surface area contributed by atoms with Crippen LogP contribution in [0.5, 0.6) is 0 Å². The summed E-state index contributed by atoms with van der Waals surface area (Å²) in [5.74, 6) is -0.265. The Kier molecular flexibility index (Phi) is 5.12. The Morgan fingerprint density at radius 3 is 2.70 bits per heavy atom. The van der Waals surface area contributed by atoms with Crippen LogP contribution in [0.1, 0.15) is 44.0 Å². The standard InChI is InChI=1S/C14H25N5O3S/c1-6-9(2)15-14(20)13-7-12(17-23(21,22)19(13)5)11-8-18(4)16-10(11)3/h8-9,12-13,17H,6-7H2,1-5H3,(H,15,20). The number of carbonyl (C=O) groups excluding carboxylic acids is 1. The molecule has 1 aliphatic rings. The summed E-state index contributed by atoms with van der Waals surface area (Å²) in [6.45, 7) is 5.70. The van der Waals surface area contributed by atoms with Gasteiger partial charge in [-0.1, -0.05) is 6.92 Å². The quantitative estimate of drug-likeness (QED) is 0.817. The Morgan fingerprint density at radius 1 is 1.52 bits per heavy atom. The van der Waals surface area contributed by atoms with Gasteiger partial charge in [-0.25, -0.2) is 0 Å². The summed E-state index contributed by atoms with van der Waals surface area (Å²) in [5.41, 5.74) is 1.55. The molecule has 1 aromatic heterocycles. The monoisotopic (exact) mass is 343 g/mol. The highest BCUT2D eigenvalue weighted by atomic mass is 32.2. The summed E-state index contributed by atoms with van der Waals surface area (Å²) in [7, 11) is -0.507. The predicted molar refractivity (Wildman–Crippen MR) is 86.8 cm³/mol. The van der Waals surface area contributed by atoms with Crippen molar-refractivity contribution in [1.29, 1.82) is 0 Å². The topological polar surface area (TPSA) is 96.3 Å². The first-order valence-electron chi connectivity index (χ1n) is 7.71. The van der Waals surface area contributed by atoms with Gasteiger partial charge < -0.3 is 5.32 Å². The van der Waals surface area contributed by atoms with Crippen molar-refractivity contribution in [3.8, 4) is 0 Å². The maximum atomic E-state index is 12.5. The summed E-state index contributed by atoms with van der Waals surface area (Å²) in [5, 5.41) is 7.12. The van der Waals surface area contributed by atoms with Crippen LogP contribution in [0.15, 0.2) is 6.20 Å². The lowest BCUT2D eigenvalue weighted by molar-refractivity contribution is -0.125. The van der Waals surface area contributed by atoms with Crippen LogP contribution in [-0.2, 0) is 22.1 Å². The maximum Gasteiger partial charge on any atom is 0.280 e. The first kappa shape index (κ1) is 17.9. The summed E-state index contributed by atoms with van der Waals surface area (Å²) in [6.07, 6.45) is 2.94. The molecule has 0 aromatic carbocycles. The summed E-state index contributed by atoms with van der Waals surface area (Å²) < 4.78 is 30.1. The zero-order valence-corrected chi connectivity index (χ0v) is 15.0. The van der Waals surface area contributed by atoms with Crippen LogP contribution >= 0.6 is 0 Å². The third-order valence-corrected chi connectivity index (χ3v) is 5.89. The number of likely N-dealkylation sites (N-methyl/N-ethyl adjacent to an activating group) is 1. The number of rotatable bonds is 4. The van der Waals surface area contributed by atoms with Crippen molar-refractivity contribution in [2.24, 2.45) is 7.05 Å². The smallest absolute Gasteiger partial charge is 0.280 e. The van der Waals surface area contributed by atoms with Gasteiger partial charge in [0.25, 0.3) is 10.2 Å². The van der Waals surface area contributed by atoms with E-state index < -0.39 is 22.3 Å². The van der Waals surface area contributed by atoms with Crippen LogP contribution in [0.3, 0.4) is 0 Å². The van der Waals surface area contributed by atoms with Crippen molar-refractivity contribution < 1.29 is 13.2 Å². The molecular weight excluding hydrogens is 318 g/mol. The highest BCUT2D eigenvalue weighted by molar-refractivity contribution is 7.87. The molecule has 130 valence electrons. The average Bonchev–Trinajstić information content (AvgIpc) is 2.80. The van der Waals surface area contributed by atoms with Gasteiger partial charge in [0.05, 0.1) is 11.7 Å². The highest BCUT2D eigenvalue weighted by Gasteiger charge is 2.41. The number of aryl methyl sites for hydroxylation is 2. The molecule has 2 heterocycles. The summed E-state index contributed by atoms with van der Waals surface area (Å²) >= 11 is 0. The molecule has 0 radical (unpaired) electrons. The minimum Gasteiger partial charge on any atom is -0.352 e. The molecule has 0 spiro atoms. The van der Waals surface area contributed by atoms with E-state index in [9.17, 15) is 13.2 Å². The van der Waals surface area contributed by atoms with Crippen molar-refractivity contribution in [2.45, 2.75) is 51.7 Å². The molecule has 0 saturated carbocycles. The molecule has 2 N–H and O–H groups in total. The molecule has 1 aliphatic heterocycles. The molecule has 0 bridgehead atoms. The minimum absolute atomic E-state index is 0.00654. The largest absolute Gasteiger partial charge is 0.352 e. The molecule has 9 heteroatoms. The van der Waals surface area contributed by atoms with E-state index in [1.54, 1.807) is 17.9 Å². The SMILES string of the molecule is CCC(C)NC(=O)C1CC(c2cn(C)nc2C)NS(=O)(=O)N1C. The maximum absolute atomic E-state index is 12.5. The van der Waals surface area contributed by atoms with E-state index in [-0.39, 0.29) is 11.9 Å². The van der Waals surface area contributed by atoms with E-state index in [2.05, 4.69) is 15.1 Å². The van der Waals surface area contributed by atoms with E-state index in [1.165, 1.54) is 7.05 Å². The first-order valence-corrected chi connectivity index (χ1v) is 9.15. The number of hydrogen-bond acceptors (Lipinski definition) is 4. The van der Waals surface area contributed by atoms with Crippen LogP contribution in [0.2, 0.25) is 0 Å². The zero-order chi connectivity index (χ0) is 17.4. The van der Waals surface area contributed by atoms with Gasteiger partial charge in [-0.05, 0) is 26.7 Å². The molecule has 1 amide bonds. The fourth-order valence-corrected chi connectivity index (χ4v) is 3.98. The molecule has 8 nitrogen and oxygen atoms in total. The average molecular weight is 343 g/mol. The lowest BCUT2D eigenvalue weighted by atomic mass is 10.00. The Hall–Kier alpha value is -1.45. The van der Waals surface area contributed by atoms with Gasteiger partial charge >= 0.3 is 0 Å². The number of hydrogen-bond donors (Lipinski definition) is 2. The Balaban J connectivity index is 2.28. The summed E-state index contributed by atoms with van der Waals surface area (Å²) in [6, 6.07) is -1.19. The first-order chi connectivity index (χ1) is 10.7. The third-order valence-electron chi connectivity index (χ3n) is 4.30. The van der Waals surface area contributed by atoms with E-state index in [4.69, 9.17) is 0 Å². The number of nitrogens with one attached hydrogen (secondary N) is 2. The van der Waals surface area contributed by atoms with Crippen LogP contribution in [-0.4, -0.2) is 47.5 Å². The van der Waals surface area contributed by atoms with E-state index >= 15 is 0 Å². The van der Waals surface area contributed by atoms with E-state index in [0.717, 1.165) is 22.0 Å². The molecular formula is C14H25N5O3S. The van der Waals surface area contributed by atoms with Gasteiger partial charge in [0.15, 0.2) is 0 Å². The number of aromatic nitrogens is 2. The Bertz CT molecular complexity index is 685. The van der Waals surface area contributed by atoms with Gasteiger partial charge in [-0.2, -0.15) is 22.5 Å². The molecule has 3 unspecified atom stereocenters. The zero-order valence-electron chi connectivity index (χ0n) is 14.2. The van der Waals surface area contributed by atoms with Gasteiger partial charge in [0, 0.05) is 31.9 Å². The van der Waals surface area contributed by atoms with Gasteiger partial charge in [0.2, 0.25) is 5.91 Å². The van der Waals surface area contributed by atoms with E-state index in [1.807, 2.05) is 20.8 Å². The normalized spacial score (nSPS) is 26.0. The van der Waals surface area contributed by atoms with Crippen LogP contribution < -0.4 is 10.0 Å². The van der Waals surface area contributed by atoms with E-state index in [0.29, 0.717) is 6.42 Å². The second-order valence-electron chi connectivity index (χ2n) is 6.10. The highest BCUT2D eigenvalue weighted by Crippen LogP contribution is 2.29. The van der Waals surface area contributed by atoms with Crippen molar-refractivity contribution >= 4 is 16.1 Å². The van der Waals surface area contributed by atoms with Crippen molar-refractivity contribution in [1.82, 2.24) is 24.1 Å². The number of nitrogens with zero attached hydrogens (tertiary/aromatic N) is 3. The second-order valence-corrected chi connectivity index (χ2v) is 7.87. The van der Waals surface area contributed by atoms with Crippen molar-refractivity contribution in [3.05, 3.63) is 17.5 Å². The molecule has 23 heavy (non-hydrogen) atoms. The number of amides is 1. The predicted octanol–water partition coefficient (Wildman–Crippen LogP) is 0.223. The molecule has 1 saturated heterocycles. The molecule has 1 aromatic rings. The second kappa shape index (κ2) is 6.58. The van der Waals surface area contributed by atoms with Gasteiger partial charge in [0.1, 0.15) is 6.04 Å². The van der Waals surface area contributed by atoms with Crippen LogP contribution in [0.4, 0.5) is 0 Å². The van der Waals surface area contributed by atoms with Crippen molar-refractivity contribution in [2.75, 3.05) is 7.05 Å². The molecule has 2 rings (SSSR count). The minimum atomic E-state index is -3.72. The molecule has 0 aliphatic carbocycles. The van der Waals surface area contributed by atoms with Crippen LogP contribution in [0.25, 0.3) is 0 Å². The molecule has 3 atom stereocenters. The lowest BCUT2D eigenvalue weighted by Crippen LogP contribution is -2.58.